The number of aromatic nitrogens is 3. The second-order valence-electron chi connectivity index (χ2n) is 8.28. The number of fused-ring (bicyclic) bond motifs is 1. The van der Waals surface area contributed by atoms with Gasteiger partial charge in [0, 0.05) is 23.4 Å². The number of anilines is 1. The van der Waals surface area contributed by atoms with Gasteiger partial charge in [-0.05, 0) is 43.3 Å². The third-order valence-corrected chi connectivity index (χ3v) is 6.75. The van der Waals surface area contributed by atoms with Crippen LogP contribution in [0, 0.1) is 10.1 Å². The van der Waals surface area contributed by atoms with Crippen LogP contribution in [0.5, 0.6) is 11.5 Å². The third kappa shape index (κ3) is 5.36. The number of nitro benzene ring substituents is 1. The van der Waals surface area contributed by atoms with Gasteiger partial charge in [-0.2, -0.15) is 13.2 Å². The van der Waals surface area contributed by atoms with E-state index >= 15 is 0 Å². The lowest BCUT2D eigenvalue weighted by atomic mass is 10.1. The molecule has 0 bridgehead atoms. The van der Waals surface area contributed by atoms with Crippen LogP contribution in [0.25, 0.3) is 17.1 Å². The van der Waals surface area contributed by atoms with Crippen LogP contribution in [0.1, 0.15) is 12.5 Å². The van der Waals surface area contributed by atoms with Crippen LogP contribution in [0.15, 0.2) is 71.9 Å². The SMILES string of the molecule is CC(Sc1nnc(-c2ccc3c(c2)OCO3)n1-c1ccccc1)C(=O)Nc1ccc([N+](=O)[O-])cc1C(F)(F)F. The second kappa shape index (κ2) is 10.3. The molecule has 5 rings (SSSR count). The smallest absolute Gasteiger partial charge is 0.418 e. The number of nitrogens with one attached hydrogen (secondary N) is 1. The van der Waals surface area contributed by atoms with Crippen LogP contribution in [-0.2, 0) is 11.0 Å². The van der Waals surface area contributed by atoms with E-state index in [4.69, 9.17) is 9.47 Å². The minimum Gasteiger partial charge on any atom is -0.454 e. The third-order valence-electron chi connectivity index (χ3n) is 5.71. The monoisotopic (exact) mass is 557 g/mol. The average Bonchev–Trinajstić information content (AvgIpc) is 3.55. The number of carbonyl (C=O) groups is 1. The molecule has 200 valence electrons. The highest BCUT2D eigenvalue weighted by molar-refractivity contribution is 8.00. The first-order chi connectivity index (χ1) is 18.6. The number of halogens is 3. The van der Waals surface area contributed by atoms with Gasteiger partial charge in [0.05, 0.1) is 21.4 Å². The molecular weight excluding hydrogens is 539 g/mol. The molecule has 4 aromatic rings. The van der Waals surface area contributed by atoms with E-state index in [0.29, 0.717) is 39.8 Å². The van der Waals surface area contributed by atoms with Crippen molar-refractivity contribution in [2.24, 2.45) is 0 Å². The number of amides is 1. The van der Waals surface area contributed by atoms with Gasteiger partial charge < -0.3 is 14.8 Å². The summed E-state index contributed by atoms with van der Waals surface area (Å²) in [5, 5.41) is 21.1. The molecule has 0 spiro atoms. The number of alkyl halides is 3. The van der Waals surface area contributed by atoms with Crippen molar-refractivity contribution < 1.29 is 32.4 Å². The Morgan fingerprint density at radius 3 is 2.54 bits per heavy atom. The lowest BCUT2D eigenvalue weighted by Crippen LogP contribution is -2.24. The number of thioether (sulfide) groups is 1. The van der Waals surface area contributed by atoms with Crippen molar-refractivity contribution in [2.75, 3.05) is 12.1 Å². The van der Waals surface area contributed by atoms with Gasteiger partial charge >= 0.3 is 6.18 Å². The summed E-state index contributed by atoms with van der Waals surface area (Å²) in [5.41, 5.74) is -1.29. The van der Waals surface area contributed by atoms with E-state index in [-0.39, 0.29) is 6.79 Å². The molecule has 0 saturated heterocycles. The van der Waals surface area contributed by atoms with Crippen LogP contribution >= 0.6 is 11.8 Å². The first-order valence-corrected chi connectivity index (χ1v) is 12.2. The largest absolute Gasteiger partial charge is 0.454 e. The number of benzene rings is 3. The molecular formula is C25H18F3N5O5S. The number of nitro groups is 1. The molecule has 1 aliphatic heterocycles. The normalized spacial score (nSPS) is 13.2. The van der Waals surface area contributed by atoms with Crippen molar-refractivity contribution in [1.82, 2.24) is 14.8 Å². The molecule has 1 N–H and O–H groups in total. The molecule has 0 fully saturated rings. The minimum atomic E-state index is -4.92. The second-order valence-corrected chi connectivity index (χ2v) is 9.59. The summed E-state index contributed by atoms with van der Waals surface area (Å²) >= 11 is 0.987. The molecule has 1 atom stereocenters. The zero-order chi connectivity index (χ0) is 27.7. The highest BCUT2D eigenvalue weighted by atomic mass is 32.2. The van der Waals surface area contributed by atoms with E-state index in [2.05, 4.69) is 15.5 Å². The summed E-state index contributed by atoms with van der Waals surface area (Å²) in [4.78, 5) is 23.0. The van der Waals surface area contributed by atoms with Crippen LogP contribution in [0.3, 0.4) is 0 Å². The number of hydrogen-bond acceptors (Lipinski definition) is 8. The zero-order valence-electron chi connectivity index (χ0n) is 20.0. The van der Waals surface area contributed by atoms with Gasteiger partial charge in [0.15, 0.2) is 22.5 Å². The van der Waals surface area contributed by atoms with Gasteiger partial charge in [0.25, 0.3) is 5.69 Å². The van der Waals surface area contributed by atoms with Crippen LogP contribution in [-0.4, -0.2) is 37.6 Å². The van der Waals surface area contributed by atoms with Gasteiger partial charge in [-0.15, -0.1) is 10.2 Å². The predicted molar refractivity (Wildman–Crippen MR) is 135 cm³/mol. The van der Waals surface area contributed by atoms with Gasteiger partial charge in [0.1, 0.15) is 0 Å². The number of para-hydroxylation sites is 1. The van der Waals surface area contributed by atoms with E-state index in [1.165, 1.54) is 6.92 Å². The molecule has 1 amide bonds. The molecule has 10 nitrogen and oxygen atoms in total. The lowest BCUT2D eigenvalue weighted by molar-refractivity contribution is -0.385. The first-order valence-electron chi connectivity index (χ1n) is 11.4. The maximum atomic E-state index is 13.6. The van der Waals surface area contributed by atoms with Crippen LogP contribution in [0.2, 0.25) is 0 Å². The minimum absolute atomic E-state index is 0.0999. The highest BCUT2D eigenvalue weighted by Crippen LogP contribution is 2.39. The topological polar surface area (TPSA) is 121 Å². The molecule has 0 aliphatic carbocycles. The molecule has 2 heterocycles. The summed E-state index contributed by atoms with van der Waals surface area (Å²) in [7, 11) is 0. The van der Waals surface area contributed by atoms with Gasteiger partial charge in [0.2, 0.25) is 12.7 Å². The Hall–Kier alpha value is -4.59. The standard InChI is InChI=1S/C25H18F3N5O5S/c1-14(23(34)29-19-9-8-17(33(35)36)12-18(19)25(26,27)28)39-24-31-30-22(32(24)16-5-3-2-4-6-16)15-7-10-20-21(11-15)38-13-37-20/h2-12,14H,13H2,1H3,(H,29,34). The van der Waals surface area contributed by atoms with E-state index in [0.717, 1.165) is 23.9 Å². The molecule has 3 aromatic carbocycles. The highest BCUT2D eigenvalue weighted by Gasteiger charge is 2.36. The van der Waals surface area contributed by atoms with E-state index in [1.807, 2.05) is 30.3 Å². The Morgan fingerprint density at radius 2 is 1.82 bits per heavy atom. The number of carbonyl (C=O) groups excluding carboxylic acids is 1. The fourth-order valence-electron chi connectivity index (χ4n) is 3.81. The Balaban J connectivity index is 1.44. The lowest BCUT2D eigenvalue weighted by Gasteiger charge is -2.16. The van der Waals surface area contributed by atoms with Crippen molar-refractivity contribution in [1.29, 1.82) is 0 Å². The summed E-state index contributed by atoms with van der Waals surface area (Å²) < 4.78 is 53.2. The fraction of sp³-hybridized carbons (Fsp3) is 0.160. The quantitative estimate of drug-likeness (QED) is 0.174. The summed E-state index contributed by atoms with van der Waals surface area (Å²) in [6.07, 6.45) is -4.92. The predicted octanol–water partition coefficient (Wildman–Crippen LogP) is 5.71. The van der Waals surface area contributed by atoms with E-state index in [1.54, 1.807) is 22.8 Å². The Kier molecular flexibility index (Phi) is 6.87. The summed E-state index contributed by atoms with van der Waals surface area (Å²) in [5.74, 6) is 0.824. The van der Waals surface area contributed by atoms with Crippen molar-refractivity contribution in [2.45, 2.75) is 23.5 Å². The van der Waals surface area contributed by atoms with E-state index in [9.17, 15) is 28.1 Å². The van der Waals surface area contributed by atoms with Gasteiger partial charge in [-0.1, -0.05) is 30.0 Å². The van der Waals surface area contributed by atoms with Crippen LogP contribution < -0.4 is 14.8 Å². The average molecular weight is 558 g/mol. The molecule has 1 aromatic heterocycles. The molecule has 1 aliphatic rings. The van der Waals surface area contributed by atoms with Crippen molar-refractivity contribution in [3.05, 3.63) is 82.4 Å². The van der Waals surface area contributed by atoms with Crippen molar-refractivity contribution in [3.63, 3.8) is 0 Å². The van der Waals surface area contributed by atoms with Gasteiger partial charge in [-0.25, -0.2) is 0 Å². The summed E-state index contributed by atoms with van der Waals surface area (Å²) in [6.45, 7) is 1.60. The van der Waals surface area contributed by atoms with Crippen molar-refractivity contribution >= 4 is 29.0 Å². The van der Waals surface area contributed by atoms with Gasteiger partial charge in [-0.3, -0.25) is 19.5 Å². The molecule has 39 heavy (non-hydrogen) atoms. The molecule has 1 unspecified atom stereocenters. The van der Waals surface area contributed by atoms with Crippen molar-refractivity contribution in [3.8, 4) is 28.6 Å². The zero-order valence-corrected chi connectivity index (χ0v) is 20.8. The number of nitrogens with zero attached hydrogens (tertiary/aromatic N) is 4. The maximum absolute atomic E-state index is 13.6. The number of non-ortho nitro benzene ring substituents is 1. The maximum Gasteiger partial charge on any atom is 0.418 e. The molecule has 14 heteroatoms. The van der Waals surface area contributed by atoms with E-state index < -0.39 is 39.2 Å². The number of hydrogen-bond donors (Lipinski definition) is 1. The first kappa shape index (κ1) is 26.0. The molecule has 0 saturated carbocycles. The number of rotatable bonds is 7. The Bertz CT molecular complexity index is 1560. The Labute approximate surface area is 222 Å². The fourth-order valence-corrected chi connectivity index (χ4v) is 4.68. The molecule has 0 radical (unpaired) electrons. The Morgan fingerprint density at radius 1 is 1.08 bits per heavy atom. The number of ether oxygens (including phenoxy) is 2. The van der Waals surface area contributed by atoms with Crippen LogP contribution in [0.4, 0.5) is 24.5 Å². The summed E-state index contributed by atoms with van der Waals surface area (Å²) in [6, 6.07) is 16.5.